The smallest absolute Gasteiger partial charge is 0.191 e. The lowest BCUT2D eigenvalue weighted by molar-refractivity contribution is -0.168. The highest BCUT2D eigenvalue weighted by Crippen LogP contribution is 2.30. The number of aromatic nitrogens is 3. The van der Waals surface area contributed by atoms with Gasteiger partial charge in [-0.1, -0.05) is 29.3 Å². The van der Waals surface area contributed by atoms with Crippen molar-refractivity contribution in [3.05, 3.63) is 46.5 Å². The molecule has 24 heavy (non-hydrogen) atoms. The topological polar surface area (TPSA) is 66.2 Å². The minimum absolute atomic E-state index is 0.168. The van der Waals surface area contributed by atoms with Crippen molar-refractivity contribution in [2.24, 2.45) is 5.41 Å². The number of Topliss-reactive ketones (excluding diaryl/α,β-unsaturated/α-hetero) is 1. The van der Waals surface area contributed by atoms with Gasteiger partial charge in [0.05, 0.1) is 18.6 Å². The zero-order valence-corrected chi connectivity index (χ0v) is 14.4. The van der Waals surface area contributed by atoms with Crippen LogP contribution in [0.3, 0.4) is 0 Å². The molecule has 0 amide bonds. The van der Waals surface area contributed by atoms with Crippen molar-refractivity contribution in [2.75, 3.05) is 20.0 Å². The summed E-state index contributed by atoms with van der Waals surface area (Å²) in [6.07, 6.45) is 4.48. The van der Waals surface area contributed by atoms with Crippen LogP contribution in [0.1, 0.15) is 12.5 Å². The largest absolute Gasteiger partial charge is 0.354 e. The average Bonchev–Trinajstić information content (AvgIpc) is 3.08. The van der Waals surface area contributed by atoms with Crippen LogP contribution in [0.15, 0.2) is 30.9 Å². The summed E-state index contributed by atoms with van der Waals surface area (Å²) in [5.74, 6) is -0.168. The van der Waals surface area contributed by atoms with Crippen molar-refractivity contribution < 1.29 is 14.3 Å². The summed E-state index contributed by atoms with van der Waals surface area (Å²) in [5.41, 5.74) is 0.170. The van der Waals surface area contributed by atoms with Gasteiger partial charge >= 0.3 is 0 Å². The minimum atomic E-state index is -0.811. The maximum Gasteiger partial charge on any atom is 0.191 e. The number of ketones is 1. The van der Waals surface area contributed by atoms with E-state index in [1.165, 1.54) is 17.3 Å². The van der Waals surface area contributed by atoms with Gasteiger partial charge in [-0.2, -0.15) is 5.10 Å². The number of halogens is 2. The van der Waals surface area contributed by atoms with Gasteiger partial charge in [0.2, 0.25) is 0 Å². The molecule has 1 aliphatic rings. The third-order valence-corrected chi connectivity index (χ3v) is 4.27. The molecular weight excluding hydrogens is 353 g/mol. The summed E-state index contributed by atoms with van der Waals surface area (Å²) in [6.45, 7) is 2.52. The first-order valence-corrected chi connectivity index (χ1v) is 7.97. The van der Waals surface area contributed by atoms with Crippen LogP contribution in [-0.4, -0.2) is 40.6 Å². The molecule has 0 radical (unpaired) electrons. The molecule has 1 aromatic heterocycles. The summed E-state index contributed by atoms with van der Waals surface area (Å²) >= 11 is 12.2. The highest BCUT2D eigenvalue weighted by Gasteiger charge is 2.39. The van der Waals surface area contributed by atoms with Gasteiger partial charge in [0, 0.05) is 10.0 Å². The van der Waals surface area contributed by atoms with Gasteiger partial charge in [-0.15, -0.1) is 0 Å². The van der Waals surface area contributed by atoms with E-state index in [2.05, 4.69) is 10.1 Å². The van der Waals surface area contributed by atoms with Crippen LogP contribution >= 0.6 is 23.2 Å². The lowest BCUT2D eigenvalue weighted by Gasteiger charge is -2.32. The number of ether oxygens (including phenoxy) is 2. The third-order valence-electron chi connectivity index (χ3n) is 3.71. The summed E-state index contributed by atoms with van der Waals surface area (Å²) in [5, 5.41) is 5.03. The Morgan fingerprint density at radius 2 is 2.08 bits per heavy atom. The molecule has 0 atom stereocenters. The summed E-state index contributed by atoms with van der Waals surface area (Å²) < 4.78 is 12.0. The maximum atomic E-state index is 13.1. The molecular formula is C16H15Cl2N3O3. The van der Waals surface area contributed by atoms with Gasteiger partial charge in [-0.3, -0.25) is 4.79 Å². The number of hydrogen-bond acceptors (Lipinski definition) is 5. The van der Waals surface area contributed by atoms with Crippen molar-refractivity contribution in [2.45, 2.75) is 6.92 Å². The Hall–Kier alpha value is -1.73. The van der Waals surface area contributed by atoms with E-state index in [1.54, 1.807) is 31.2 Å². The Bertz CT molecular complexity index is 769. The average molecular weight is 368 g/mol. The highest BCUT2D eigenvalue weighted by molar-refractivity contribution is 6.36. The van der Waals surface area contributed by atoms with Crippen LogP contribution in [0.4, 0.5) is 0 Å². The molecule has 2 heterocycles. The van der Waals surface area contributed by atoms with Gasteiger partial charge < -0.3 is 9.47 Å². The van der Waals surface area contributed by atoms with Crippen molar-refractivity contribution in [1.82, 2.24) is 14.8 Å². The quantitative estimate of drug-likeness (QED) is 0.776. The van der Waals surface area contributed by atoms with Gasteiger partial charge in [0.1, 0.15) is 25.1 Å². The van der Waals surface area contributed by atoms with Crippen LogP contribution in [0, 0.1) is 5.41 Å². The van der Waals surface area contributed by atoms with Crippen LogP contribution < -0.4 is 0 Å². The van der Waals surface area contributed by atoms with E-state index in [4.69, 9.17) is 32.7 Å². The zero-order valence-electron chi connectivity index (χ0n) is 12.9. The van der Waals surface area contributed by atoms with Crippen molar-refractivity contribution >= 4 is 40.8 Å². The van der Waals surface area contributed by atoms with Crippen molar-refractivity contribution in [3.63, 3.8) is 0 Å². The van der Waals surface area contributed by atoms with E-state index in [0.29, 0.717) is 21.3 Å². The van der Waals surface area contributed by atoms with Crippen molar-refractivity contribution in [1.29, 1.82) is 0 Å². The van der Waals surface area contributed by atoms with Crippen LogP contribution in [-0.2, 0) is 14.3 Å². The summed E-state index contributed by atoms with van der Waals surface area (Å²) in [7, 11) is 0. The zero-order chi connectivity index (χ0) is 17.2. The number of benzene rings is 1. The van der Waals surface area contributed by atoms with E-state index in [1.807, 2.05) is 0 Å². The molecule has 2 aromatic rings. The molecule has 0 N–H and O–H groups in total. The Morgan fingerprint density at radius 3 is 2.71 bits per heavy atom. The number of allylic oxidation sites excluding steroid dienone is 1. The van der Waals surface area contributed by atoms with Gasteiger partial charge in [-0.25, -0.2) is 9.67 Å². The first kappa shape index (κ1) is 17.1. The highest BCUT2D eigenvalue weighted by atomic mass is 35.5. The molecule has 0 aliphatic carbocycles. The third kappa shape index (κ3) is 3.52. The van der Waals surface area contributed by atoms with Gasteiger partial charge in [-0.05, 0) is 30.7 Å². The lowest BCUT2D eigenvalue weighted by Crippen LogP contribution is -2.42. The monoisotopic (exact) mass is 367 g/mol. The second-order valence-corrected chi connectivity index (χ2v) is 6.58. The Kier molecular flexibility index (Phi) is 5.01. The van der Waals surface area contributed by atoms with E-state index in [-0.39, 0.29) is 25.8 Å². The number of rotatable bonds is 4. The van der Waals surface area contributed by atoms with Crippen LogP contribution in [0.5, 0.6) is 0 Å². The van der Waals surface area contributed by atoms with Gasteiger partial charge in [0.25, 0.3) is 0 Å². The van der Waals surface area contributed by atoms with E-state index >= 15 is 0 Å². The van der Waals surface area contributed by atoms with E-state index in [0.717, 1.165) is 0 Å². The SMILES string of the molecule is CC1(C(=O)C(=Cc2ccc(Cl)cc2Cl)n2cncn2)COCOC1. The lowest BCUT2D eigenvalue weighted by atomic mass is 9.85. The Labute approximate surface area is 149 Å². The normalized spacial score (nSPS) is 17.7. The second kappa shape index (κ2) is 7.03. The maximum absolute atomic E-state index is 13.1. The predicted molar refractivity (Wildman–Crippen MR) is 90.5 cm³/mol. The molecule has 126 valence electrons. The first-order chi connectivity index (χ1) is 11.5. The number of carbonyl (C=O) groups excluding carboxylic acids is 1. The first-order valence-electron chi connectivity index (χ1n) is 7.22. The minimum Gasteiger partial charge on any atom is -0.354 e. The summed E-state index contributed by atoms with van der Waals surface area (Å²) in [6, 6.07) is 5.06. The molecule has 3 rings (SSSR count). The molecule has 1 fully saturated rings. The molecule has 8 heteroatoms. The van der Waals surface area contributed by atoms with Gasteiger partial charge in [0.15, 0.2) is 5.78 Å². The fourth-order valence-electron chi connectivity index (χ4n) is 2.41. The molecule has 0 saturated carbocycles. The van der Waals surface area contributed by atoms with Crippen molar-refractivity contribution in [3.8, 4) is 0 Å². The van der Waals surface area contributed by atoms with E-state index in [9.17, 15) is 4.79 Å². The Balaban J connectivity index is 2.04. The molecule has 6 nitrogen and oxygen atoms in total. The van der Waals surface area contributed by atoms with Crippen LogP contribution in [0.25, 0.3) is 11.8 Å². The second-order valence-electron chi connectivity index (χ2n) is 5.74. The standard InChI is InChI=1S/C16H15Cl2N3O3/c1-16(6-23-10-24-7-16)15(22)14(21-9-19-8-20-21)4-11-2-3-12(17)5-13(11)18/h2-5,8-9H,6-7,10H2,1H3. The molecule has 1 aromatic carbocycles. The molecule has 0 spiro atoms. The predicted octanol–water partition coefficient (Wildman–Crippen LogP) is 3.16. The summed E-state index contributed by atoms with van der Waals surface area (Å²) in [4.78, 5) is 17.0. The fourth-order valence-corrected chi connectivity index (χ4v) is 2.87. The molecule has 0 unspecified atom stereocenters. The number of hydrogen-bond donors (Lipinski definition) is 0. The Morgan fingerprint density at radius 1 is 1.33 bits per heavy atom. The molecule has 1 saturated heterocycles. The fraction of sp³-hybridized carbons (Fsp3) is 0.312. The molecule has 0 bridgehead atoms. The van der Waals surface area contributed by atoms with Crippen LogP contribution in [0.2, 0.25) is 10.0 Å². The van der Waals surface area contributed by atoms with E-state index < -0.39 is 5.41 Å². The molecule has 1 aliphatic heterocycles. The number of carbonyl (C=O) groups is 1. The number of nitrogens with zero attached hydrogens (tertiary/aromatic N) is 3.